The Labute approximate surface area is 173 Å². The van der Waals surface area contributed by atoms with Crippen LogP contribution in [0.15, 0.2) is 36.5 Å². The highest BCUT2D eigenvalue weighted by Gasteiger charge is 2.34. The first kappa shape index (κ1) is 18.7. The minimum absolute atomic E-state index is 0.0651. The van der Waals surface area contributed by atoms with Crippen molar-refractivity contribution in [2.24, 2.45) is 11.8 Å². The maximum Gasteiger partial charge on any atom is 0.340 e. The van der Waals surface area contributed by atoms with Crippen molar-refractivity contribution in [3.05, 3.63) is 53.6 Å². The predicted octanol–water partition coefficient (Wildman–Crippen LogP) is 4.56. The van der Waals surface area contributed by atoms with Crippen LogP contribution >= 0.6 is 0 Å². The third kappa shape index (κ3) is 3.43. The van der Waals surface area contributed by atoms with Crippen LogP contribution in [-0.2, 0) is 4.74 Å². The fourth-order valence-corrected chi connectivity index (χ4v) is 5.07. The van der Waals surface area contributed by atoms with Crippen LogP contribution < -0.4 is 0 Å². The Morgan fingerprint density at radius 2 is 1.93 bits per heavy atom. The van der Waals surface area contributed by atoms with Crippen molar-refractivity contribution in [1.29, 1.82) is 5.26 Å². The molecule has 2 aliphatic carbocycles. The molecular weight excluding hydrogens is 383 g/mol. The second-order valence-electron chi connectivity index (χ2n) is 8.37. The Morgan fingerprint density at radius 3 is 2.63 bits per heavy atom. The standard InChI is InChI=1S/C23H21FN4O2/c24-21-6-7-22(27-26-21)28-13-19(18-11-16(12-25)4-5-20(18)28)23(29)30-17-9-14-2-1-3-15(8-14)10-17/h4-7,11,13-15,17H,1-3,8-10H2. The quantitative estimate of drug-likeness (QED) is 0.598. The Bertz CT molecular complexity index is 1140. The highest BCUT2D eigenvalue weighted by atomic mass is 19.1. The minimum Gasteiger partial charge on any atom is -0.459 e. The lowest BCUT2D eigenvalue weighted by Crippen LogP contribution is -2.33. The van der Waals surface area contributed by atoms with Gasteiger partial charge in [-0.2, -0.15) is 9.65 Å². The number of nitriles is 1. The number of ether oxygens (including phenoxy) is 1. The number of carbonyl (C=O) groups excluding carboxylic acids is 1. The van der Waals surface area contributed by atoms with Crippen LogP contribution in [0.1, 0.15) is 54.4 Å². The van der Waals surface area contributed by atoms with Crippen molar-refractivity contribution in [2.75, 3.05) is 0 Å². The number of fused-ring (bicyclic) bond motifs is 3. The molecule has 2 aromatic heterocycles. The van der Waals surface area contributed by atoms with Crippen LogP contribution in [-0.4, -0.2) is 26.8 Å². The van der Waals surface area contributed by atoms with Gasteiger partial charge in [0.1, 0.15) is 6.10 Å². The normalized spacial score (nSPS) is 23.1. The first-order valence-electron chi connectivity index (χ1n) is 10.4. The van der Waals surface area contributed by atoms with Crippen molar-refractivity contribution >= 4 is 16.9 Å². The maximum absolute atomic E-state index is 13.2. The lowest BCUT2D eigenvalue weighted by Gasteiger charge is -2.38. The molecule has 0 spiro atoms. The number of carbonyl (C=O) groups is 1. The SMILES string of the molecule is N#Cc1ccc2c(c1)c(C(=O)OC1CC3CCCC(C3)C1)cn2-c1ccc(F)nn1. The monoisotopic (exact) mass is 404 g/mol. The van der Waals surface area contributed by atoms with Crippen LogP contribution in [0.5, 0.6) is 0 Å². The molecule has 7 heteroatoms. The molecule has 0 amide bonds. The molecule has 0 aliphatic heterocycles. The summed E-state index contributed by atoms with van der Waals surface area (Å²) in [6, 6.07) is 9.93. The summed E-state index contributed by atoms with van der Waals surface area (Å²) in [5.41, 5.74) is 1.51. The van der Waals surface area contributed by atoms with Crippen LogP contribution in [0.25, 0.3) is 16.7 Å². The zero-order valence-electron chi connectivity index (χ0n) is 16.4. The van der Waals surface area contributed by atoms with Crippen LogP contribution in [0, 0.1) is 29.1 Å². The summed E-state index contributed by atoms with van der Waals surface area (Å²) >= 11 is 0. The number of hydrogen-bond donors (Lipinski definition) is 0. The van der Waals surface area contributed by atoms with Crippen molar-refractivity contribution in [3.63, 3.8) is 0 Å². The molecule has 5 rings (SSSR count). The summed E-state index contributed by atoms with van der Waals surface area (Å²) in [7, 11) is 0. The van der Waals surface area contributed by atoms with Gasteiger partial charge in [-0.25, -0.2) is 4.79 Å². The van der Waals surface area contributed by atoms with E-state index in [2.05, 4.69) is 16.3 Å². The van der Waals surface area contributed by atoms with Crippen molar-refractivity contribution in [2.45, 2.75) is 44.6 Å². The minimum atomic E-state index is -0.676. The molecule has 2 fully saturated rings. The number of esters is 1. The van der Waals surface area contributed by atoms with Crippen LogP contribution in [0.4, 0.5) is 4.39 Å². The van der Waals surface area contributed by atoms with Gasteiger partial charge >= 0.3 is 5.97 Å². The zero-order chi connectivity index (χ0) is 20.7. The molecule has 2 unspecified atom stereocenters. The fraction of sp³-hybridized carbons (Fsp3) is 0.391. The number of nitrogens with zero attached hydrogens (tertiary/aromatic N) is 4. The molecule has 30 heavy (non-hydrogen) atoms. The molecule has 0 radical (unpaired) electrons. The van der Waals surface area contributed by atoms with Gasteiger partial charge in [0.15, 0.2) is 5.82 Å². The van der Waals surface area contributed by atoms with Gasteiger partial charge in [0, 0.05) is 11.6 Å². The van der Waals surface area contributed by atoms with Crippen molar-refractivity contribution in [1.82, 2.24) is 14.8 Å². The molecule has 2 atom stereocenters. The van der Waals surface area contributed by atoms with Gasteiger partial charge < -0.3 is 4.74 Å². The molecule has 0 saturated heterocycles. The van der Waals surface area contributed by atoms with Gasteiger partial charge in [0.25, 0.3) is 0 Å². The Hall–Kier alpha value is -3.27. The highest BCUT2D eigenvalue weighted by molar-refractivity contribution is 6.05. The Morgan fingerprint density at radius 1 is 1.13 bits per heavy atom. The molecule has 2 saturated carbocycles. The Balaban J connectivity index is 1.50. The molecule has 1 aromatic carbocycles. The first-order valence-corrected chi connectivity index (χ1v) is 10.4. The van der Waals surface area contributed by atoms with Gasteiger partial charge in [-0.15, -0.1) is 10.2 Å². The van der Waals surface area contributed by atoms with E-state index in [0.29, 0.717) is 39.7 Å². The molecule has 3 aromatic rings. The van der Waals surface area contributed by atoms with E-state index in [0.717, 1.165) is 12.8 Å². The summed E-state index contributed by atoms with van der Waals surface area (Å²) in [5.74, 6) is 0.614. The third-order valence-electron chi connectivity index (χ3n) is 6.38. The molecule has 2 aliphatic rings. The molecule has 152 valence electrons. The van der Waals surface area contributed by atoms with E-state index < -0.39 is 11.9 Å². The van der Waals surface area contributed by atoms with E-state index >= 15 is 0 Å². The zero-order valence-corrected chi connectivity index (χ0v) is 16.4. The summed E-state index contributed by atoms with van der Waals surface area (Å²) in [6.45, 7) is 0. The van der Waals surface area contributed by atoms with Gasteiger partial charge in [-0.05, 0) is 61.4 Å². The second kappa shape index (κ2) is 7.52. The number of halogens is 1. The number of hydrogen-bond acceptors (Lipinski definition) is 5. The lowest BCUT2D eigenvalue weighted by molar-refractivity contribution is -0.00357. The summed E-state index contributed by atoms with van der Waals surface area (Å²) in [4.78, 5) is 13.1. The number of aromatic nitrogens is 3. The molecule has 6 nitrogen and oxygen atoms in total. The first-order chi connectivity index (χ1) is 14.6. The lowest BCUT2D eigenvalue weighted by atomic mass is 9.71. The summed E-state index contributed by atoms with van der Waals surface area (Å²) < 4.78 is 20.8. The number of rotatable bonds is 3. The van der Waals surface area contributed by atoms with Gasteiger partial charge in [-0.1, -0.05) is 19.3 Å². The highest BCUT2D eigenvalue weighted by Crippen LogP contribution is 2.41. The number of benzene rings is 1. The van der Waals surface area contributed by atoms with Gasteiger partial charge in [-0.3, -0.25) is 4.57 Å². The molecular formula is C23H21FN4O2. The molecule has 2 bridgehead atoms. The smallest absolute Gasteiger partial charge is 0.340 e. The maximum atomic E-state index is 13.2. The van der Waals surface area contributed by atoms with E-state index in [1.54, 1.807) is 29.0 Å². The molecule has 2 heterocycles. The topological polar surface area (TPSA) is 80.8 Å². The van der Waals surface area contributed by atoms with Gasteiger partial charge in [0.05, 0.1) is 22.7 Å². The average Bonchev–Trinajstić information content (AvgIpc) is 3.13. The molecule has 0 N–H and O–H groups in total. The van der Waals surface area contributed by atoms with E-state index in [9.17, 15) is 14.4 Å². The second-order valence-corrected chi connectivity index (χ2v) is 8.37. The third-order valence-corrected chi connectivity index (χ3v) is 6.38. The largest absolute Gasteiger partial charge is 0.459 e. The van der Waals surface area contributed by atoms with Crippen LogP contribution in [0.2, 0.25) is 0 Å². The van der Waals surface area contributed by atoms with E-state index in [-0.39, 0.29) is 6.10 Å². The average molecular weight is 404 g/mol. The van der Waals surface area contributed by atoms with E-state index in [1.807, 2.05) is 0 Å². The Kier molecular flexibility index (Phi) is 4.70. The predicted molar refractivity (Wildman–Crippen MR) is 107 cm³/mol. The van der Waals surface area contributed by atoms with E-state index in [1.165, 1.54) is 37.8 Å². The summed E-state index contributed by atoms with van der Waals surface area (Å²) in [6.07, 6.45) is 8.39. The van der Waals surface area contributed by atoms with Gasteiger partial charge in [0.2, 0.25) is 5.95 Å². The van der Waals surface area contributed by atoms with E-state index in [4.69, 9.17) is 4.74 Å². The summed E-state index contributed by atoms with van der Waals surface area (Å²) in [5, 5.41) is 17.3. The van der Waals surface area contributed by atoms with Crippen LogP contribution in [0.3, 0.4) is 0 Å². The fourth-order valence-electron chi connectivity index (χ4n) is 5.07. The van der Waals surface area contributed by atoms with Crippen molar-refractivity contribution < 1.29 is 13.9 Å². The van der Waals surface area contributed by atoms with Crippen molar-refractivity contribution in [3.8, 4) is 11.9 Å².